The van der Waals surface area contributed by atoms with Gasteiger partial charge in [0.25, 0.3) is 0 Å². The fraction of sp³-hybridized carbons (Fsp3) is 0.364. The second-order valence-electron chi connectivity index (χ2n) is 6.91. The highest BCUT2D eigenvalue weighted by Gasteiger charge is 2.27. The maximum absolute atomic E-state index is 14.0. The zero-order valence-electron chi connectivity index (χ0n) is 16.4. The molecule has 2 aromatic rings. The number of halogens is 2. The van der Waals surface area contributed by atoms with Gasteiger partial charge in [0.15, 0.2) is 0 Å². The van der Waals surface area contributed by atoms with Crippen molar-refractivity contribution in [3.63, 3.8) is 0 Å². The van der Waals surface area contributed by atoms with Gasteiger partial charge in [-0.1, -0.05) is 53.2 Å². The maximum atomic E-state index is 14.0. The Bertz CT molecular complexity index is 828. The van der Waals surface area contributed by atoms with Crippen molar-refractivity contribution in [1.82, 2.24) is 10.2 Å². The van der Waals surface area contributed by atoms with Crippen molar-refractivity contribution in [2.24, 2.45) is 0 Å². The van der Waals surface area contributed by atoms with Crippen molar-refractivity contribution < 1.29 is 14.0 Å². The lowest BCUT2D eigenvalue weighted by atomic mass is 10.1. The van der Waals surface area contributed by atoms with Crippen LogP contribution in [0.4, 0.5) is 4.39 Å². The van der Waals surface area contributed by atoms with Gasteiger partial charge in [-0.05, 0) is 49.6 Å². The Kier molecular flexibility index (Phi) is 8.18. The smallest absolute Gasteiger partial charge is 0.242 e. The van der Waals surface area contributed by atoms with Gasteiger partial charge in [0.1, 0.15) is 11.9 Å². The van der Waals surface area contributed by atoms with E-state index in [1.165, 1.54) is 11.0 Å². The van der Waals surface area contributed by atoms with Crippen LogP contribution in [0.15, 0.2) is 53.0 Å². The molecule has 0 saturated heterocycles. The zero-order valence-corrected chi connectivity index (χ0v) is 18.0. The Hall–Kier alpha value is -2.21. The summed E-state index contributed by atoms with van der Waals surface area (Å²) in [4.78, 5) is 27.2. The summed E-state index contributed by atoms with van der Waals surface area (Å²) >= 11 is 3.43. The third-order valence-corrected chi connectivity index (χ3v) is 5.20. The summed E-state index contributed by atoms with van der Waals surface area (Å²) in [6.07, 6.45) is 0.703. The van der Waals surface area contributed by atoms with Crippen LogP contribution >= 0.6 is 15.9 Å². The third-order valence-electron chi connectivity index (χ3n) is 4.71. The molecule has 2 aromatic carbocycles. The third kappa shape index (κ3) is 6.16. The zero-order chi connectivity index (χ0) is 20.7. The van der Waals surface area contributed by atoms with Crippen molar-refractivity contribution >= 4 is 27.7 Å². The molecule has 0 radical (unpaired) electrons. The molecule has 0 aromatic heterocycles. The summed E-state index contributed by atoms with van der Waals surface area (Å²) in [5, 5.41) is 2.92. The monoisotopic (exact) mass is 448 g/mol. The number of benzene rings is 2. The molecule has 28 heavy (non-hydrogen) atoms. The molecule has 0 aliphatic carbocycles. The fourth-order valence-electron chi connectivity index (χ4n) is 2.79. The highest BCUT2D eigenvalue weighted by atomic mass is 79.9. The normalized spacial score (nSPS) is 12.9. The predicted molar refractivity (Wildman–Crippen MR) is 112 cm³/mol. The standard InChI is InChI=1S/C22H26BrFN2O2/c1-4-15(2)25-22(28)16(3)26(14-17-8-7-10-19(23)12-17)21(27)13-18-9-5-6-11-20(18)24/h5-12,15-16H,4,13-14H2,1-3H3,(H,25,28)/t15-,16+/m1/s1. The molecule has 0 heterocycles. The molecule has 0 fully saturated rings. The number of rotatable bonds is 8. The summed E-state index contributed by atoms with van der Waals surface area (Å²) in [6, 6.07) is 13.1. The van der Waals surface area contributed by atoms with Crippen molar-refractivity contribution in [2.75, 3.05) is 0 Å². The first-order chi connectivity index (χ1) is 13.3. The molecule has 4 nitrogen and oxygen atoms in total. The van der Waals surface area contributed by atoms with Gasteiger partial charge in [0.2, 0.25) is 11.8 Å². The van der Waals surface area contributed by atoms with Crippen LogP contribution in [0.25, 0.3) is 0 Å². The van der Waals surface area contributed by atoms with Crippen molar-refractivity contribution in [2.45, 2.75) is 52.2 Å². The number of amides is 2. The largest absolute Gasteiger partial charge is 0.352 e. The van der Waals surface area contributed by atoms with Gasteiger partial charge in [-0.3, -0.25) is 9.59 Å². The summed E-state index contributed by atoms with van der Waals surface area (Å²) in [7, 11) is 0. The Balaban J connectivity index is 2.25. The Morgan fingerprint density at radius 2 is 1.86 bits per heavy atom. The lowest BCUT2D eigenvalue weighted by molar-refractivity contribution is -0.140. The Labute approximate surface area is 174 Å². The molecule has 6 heteroatoms. The Morgan fingerprint density at radius 1 is 1.14 bits per heavy atom. The number of nitrogens with one attached hydrogen (secondary N) is 1. The molecular formula is C22H26BrFN2O2. The summed E-state index contributed by atoms with van der Waals surface area (Å²) in [6.45, 7) is 5.87. The van der Waals surface area contributed by atoms with E-state index in [4.69, 9.17) is 0 Å². The molecule has 0 saturated carbocycles. The van der Waals surface area contributed by atoms with E-state index in [0.717, 1.165) is 16.5 Å². The van der Waals surface area contributed by atoms with Crippen LogP contribution in [0.1, 0.15) is 38.3 Å². The summed E-state index contributed by atoms with van der Waals surface area (Å²) < 4.78 is 14.9. The Morgan fingerprint density at radius 3 is 2.50 bits per heavy atom. The first-order valence-corrected chi connectivity index (χ1v) is 10.2. The van der Waals surface area contributed by atoms with Crippen LogP contribution in [0.3, 0.4) is 0 Å². The molecule has 150 valence electrons. The molecule has 0 bridgehead atoms. The van der Waals surface area contributed by atoms with Crippen LogP contribution in [-0.4, -0.2) is 28.8 Å². The number of carbonyl (C=O) groups is 2. The van der Waals surface area contributed by atoms with Crippen molar-refractivity contribution in [1.29, 1.82) is 0 Å². The summed E-state index contributed by atoms with van der Waals surface area (Å²) in [5.74, 6) is -0.932. The van der Waals surface area contributed by atoms with Crippen LogP contribution in [0.2, 0.25) is 0 Å². The molecule has 2 rings (SSSR count). The lowest BCUT2D eigenvalue weighted by Gasteiger charge is -2.30. The fourth-order valence-corrected chi connectivity index (χ4v) is 3.23. The summed E-state index contributed by atoms with van der Waals surface area (Å²) in [5.41, 5.74) is 1.21. The highest BCUT2D eigenvalue weighted by Crippen LogP contribution is 2.17. The van der Waals surface area contributed by atoms with E-state index in [1.54, 1.807) is 25.1 Å². The SMILES string of the molecule is CC[C@@H](C)NC(=O)[C@H](C)N(Cc1cccc(Br)c1)C(=O)Cc1ccccc1F. The van der Waals surface area contributed by atoms with Gasteiger partial charge in [-0.25, -0.2) is 4.39 Å². The van der Waals surface area contributed by atoms with Crippen LogP contribution in [-0.2, 0) is 22.6 Å². The van der Waals surface area contributed by atoms with Gasteiger partial charge in [0, 0.05) is 17.1 Å². The molecule has 0 aliphatic heterocycles. The van der Waals surface area contributed by atoms with Crippen LogP contribution in [0, 0.1) is 5.82 Å². The van der Waals surface area contributed by atoms with E-state index >= 15 is 0 Å². The van der Waals surface area contributed by atoms with Gasteiger partial charge in [0.05, 0.1) is 6.42 Å². The number of carbonyl (C=O) groups excluding carboxylic acids is 2. The molecule has 2 atom stereocenters. The minimum Gasteiger partial charge on any atom is -0.352 e. The molecule has 0 spiro atoms. The van der Waals surface area contributed by atoms with Crippen LogP contribution in [0.5, 0.6) is 0 Å². The van der Waals surface area contributed by atoms with Gasteiger partial charge < -0.3 is 10.2 Å². The molecular weight excluding hydrogens is 423 g/mol. The molecule has 0 aliphatic rings. The first kappa shape index (κ1) is 22.1. The minimum atomic E-state index is -0.674. The first-order valence-electron chi connectivity index (χ1n) is 9.39. The number of hydrogen-bond acceptors (Lipinski definition) is 2. The molecule has 0 unspecified atom stereocenters. The second kappa shape index (κ2) is 10.4. The van der Waals surface area contributed by atoms with E-state index < -0.39 is 11.9 Å². The topological polar surface area (TPSA) is 49.4 Å². The second-order valence-corrected chi connectivity index (χ2v) is 7.83. The van der Waals surface area contributed by atoms with E-state index in [-0.39, 0.29) is 30.8 Å². The van der Waals surface area contributed by atoms with E-state index in [2.05, 4.69) is 21.2 Å². The lowest BCUT2D eigenvalue weighted by Crippen LogP contribution is -2.50. The number of nitrogens with zero attached hydrogens (tertiary/aromatic N) is 1. The number of hydrogen-bond donors (Lipinski definition) is 1. The molecule has 2 amide bonds. The minimum absolute atomic E-state index is 0.0179. The van der Waals surface area contributed by atoms with E-state index in [0.29, 0.717) is 5.56 Å². The quantitative estimate of drug-likeness (QED) is 0.647. The van der Waals surface area contributed by atoms with Gasteiger partial charge in [-0.2, -0.15) is 0 Å². The van der Waals surface area contributed by atoms with Crippen molar-refractivity contribution in [3.05, 3.63) is 69.9 Å². The van der Waals surface area contributed by atoms with Gasteiger partial charge in [-0.15, -0.1) is 0 Å². The average Bonchev–Trinajstić information content (AvgIpc) is 2.67. The van der Waals surface area contributed by atoms with E-state index in [9.17, 15) is 14.0 Å². The maximum Gasteiger partial charge on any atom is 0.242 e. The predicted octanol–water partition coefficient (Wildman–Crippen LogP) is 4.46. The molecule has 1 N–H and O–H groups in total. The van der Waals surface area contributed by atoms with Crippen molar-refractivity contribution in [3.8, 4) is 0 Å². The van der Waals surface area contributed by atoms with E-state index in [1.807, 2.05) is 38.1 Å². The van der Waals surface area contributed by atoms with Crippen LogP contribution < -0.4 is 5.32 Å². The van der Waals surface area contributed by atoms with Gasteiger partial charge >= 0.3 is 0 Å². The average molecular weight is 449 g/mol. The highest BCUT2D eigenvalue weighted by molar-refractivity contribution is 9.10.